The molecule has 1 aromatic carbocycles. The Kier molecular flexibility index (Phi) is 7.39. The van der Waals surface area contributed by atoms with Gasteiger partial charge >= 0.3 is 6.03 Å². The van der Waals surface area contributed by atoms with Gasteiger partial charge in [-0.2, -0.15) is 0 Å². The second-order valence-electron chi connectivity index (χ2n) is 5.75. The molecule has 5 nitrogen and oxygen atoms in total. The van der Waals surface area contributed by atoms with Crippen molar-refractivity contribution < 1.29 is 23.0 Å². The van der Waals surface area contributed by atoms with Gasteiger partial charge in [-0.25, -0.2) is 13.6 Å². The summed E-state index contributed by atoms with van der Waals surface area (Å²) in [5.74, 6) is 0. The molecule has 0 aliphatic carbocycles. The molecule has 1 aliphatic rings. The van der Waals surface area contributed by atoms with Crippen molar-refractivity contribution in [3.8, 4) is 0 Å². The maximum atomic E-state index is 12.6. The largest absolute Gasteiger partial charge is 0.383 e. The number of amides is 2. The van der Waals surface area contributed by atoms with Crippen molar-refractivity contribution in [2.24, 2.45) is 0 Å². The molecule has 1 aromatic rings. The first kappa shape index (κ1) is 18.6. The fourth-order valence-corrected chi connectivity index (χ4v) is 2.73. The zero-order valence-electron chi connectivity index (χ0n) is 13.8. The Labute approximate surface area is 140 Å². The maximum absolute atomic E-state index is 12.6. The van der Waals surface area contributed by atoms with Gasteiger partial charge in [0, 0.05) is 20.2 Å². The molecule has 0 spiro atoms. The minimum Gasteiger partial charge on any atom is -0.383 e. The predicted octanol–water partition coefficient (Wildman–Crippen LogP) is 2.83. The van der Waals surface area contributed by atoms with Crippen LogP contribution in [0.4, 0.5) is 13.6 Å². The smallest absolute Gasteiger partial charge is 0.317 e. The standard InChI is InChI=1S/C17H24F2N2O3/c1-23-10-9-21(12-16(18)19)17(22)20-11-14-7-8-15(24-14)13-5-3-2-4-6-13/h2-6,14-16H,7-12H2,1H3,(H,20,22)/t14-,15+/m1/s1. The summed E-state index contributed by atoms with van der Waals surface area (Å²) in [6.07, 6.45) is -0.937. The number of carbonyl (C=O) groups is 1. The molecule has 7 heteroatoms. The van der Waals surface area contributed by atoms with Crippen LogP contribution in [0.5, 0.6) is 0 Å². The van der Waals surface area contributed by atoms with E-state index in [9.17, 15) is 13.6 Å². The second-order valence-corrected chi connectivity index (χ2v) is 5.75. The molecule has 1 fully saturated rings. The van der Waals surface area contributed by atoms with Gasteiger partial charge in [0.2, 0.25) is 0 Å². The van der Waals surface area contributed by atoms with Crippen LogP contribution in [-0.2, 0) is 9.47 Å². The van der Waals surface area contributed by atoms with E-state index in [2.05, 4.69) is 5.32 Å². The summed E-state index contributed by atoms with van der Waals surface area (Å²) in [6.45, 7) is 0.0588. The first-order valence-corrected chi connectivity index (χ1v) is 8.10. The Morgan fingerprint density at radius 3 is 2.79 bits per heavy atom. The minimum absolute atomic E-state index is 0.0266. The van der Waals surface area contributed by atoms with Crippen molar-refractivity contribution in [1.29, 1.82) is 0 Å². The molecule has 0 aromatic heterocycles. The summed E-state index contributed by atoms with van der Waals surface area (Å²) in [6, 6.07) is 9.39. The fourth-order valence-electron chi connectivity index (χ4n) is 2.73. The van der Waals surface area contributed by atoms with Gasteiger partial charge in [-0.05, 0) is 18.4 Å². The van der Waals surface area contributed by atoms with E-state index in [1.807, 2.05) is 30.3 Å². The highest BCUT2D eigenvalue weighted by molar-refractivity contribution is 5.74. The third-order valence-electron chi connectivity index (χ3n) is 3.97. The summed E-state index contributed by atoms with van der Waals surface area (Å²) in [5, 5.41) is 2.68. The van der Waals surface area contributed by atoms with Crippen LogP contribution in [0.2, 0.25) is 0 Å². The molecule has 1 aliphatic heterocycles. The molecule has 2 atom stereocenters. The Bertz CT molecular complexity index is 502. The van der Waals surface area contributed by atoms with Gasteiger partial charge in [-0.3, -0.25) is 0 Å². The summed E-state index contributed by atoms with van der Waals surface area (Å²) >= 11 is 0. The number of methoxy groups -OCH3 is 1. The number of rotatable bonds is 8. The number of nitrogens with zero attached hydrogens (tertiary/aromatic N) is 1. The van der Waals surface area contributed by atoms with Gasteiger partial charge < -0.3 is 19.7 Å². The molecule has 1 N–H and O–H groups in total. The van der Waals surface area contributed by atoms with Crippen molar-refractivity contribution in [3.05, 3.63) is 35.9 Å². The highest BCUT2D eigenvalue weighted by Gasteiger charge is 2.27. The molecule has 0 saturated carbocycles. The van der Waals surface area contributed by atoms with Crippen molar-refractivity contribution in [3.63, 3.8) is 0 Å². The maximum Gasteiger partial charge on any atom is 0.317 e. The Balaban J connectivity index is 1.78. The van der Waals surface area contributed by atoms with Gasteiger partial charge in [-0.15, -0.1) is 0 Å². The van der Waals surface area contributed by atoms with Crippen LogP contribution >= 0.6 is 0 Å². The predicted molar refractivity (Wildman–Crippen MR) is 86.1 cm³/mol. The first-order chi connectivity index (χ1) is 11.6. The van der Waals surface area contributed by atoms with Crippen LogP contribution in [0.15, 0.2) is 30.3 Å². The number of urea groups is 1. The quantitative estimate of drug-likeness (QED) is 0.790. The number of alkyl halides is 2. The molecular weight excluding hydrogens is 318 g/mol. The van der Waals surface area contributed by atoms with Crippen molar-refractivity contribution >= 4 is 6.03 Å². The molecule has 0 bridgehead atoms. The van der Waals surface area contributed by atoms with Gasteiger partial charge in [0.05, 0.1) is 25.4 Å². The van der Waals surface area contributed by atoms with Crippen molar-refractivity contribution in [2.75, 3.05) is 33.4 Å². The van der Waals surface area contributed by atoms with Gasteiger partial charge in [0.15, 0.2) is 0 Å². The second kappa shape index (κ2) is 9.54. The Morgan fingerprint density at radius 1 is 1.38 bits per heavy atom. The zero-order chi connectivity index (χ0) is 17.4. The van der Waals surface area contributed by atoms with Crippen LogP contribution in [0.3, 0.4) is 0 Å². The van der Waals surface area contributed by atoms with Crippen LogP contribution in [-0.4, -0.2) is 56.8 Å². The van der Waals surface area contributed by atoms with E-state index in [1.165, 1.54) is 7.11 Å². The molecule has 0 unspecified atom stereocenters. The summed E-state index contributed by atoms with van der Waals surface area (Å²) in [7, 11) is 1.47. The normalized spacial score (nSPS) is 20.3. The molecule has 24 heavy (non-hydrogen) atoms. The number of ether oxygens (including phenoxy) is 2. The van der Waals surface area contributed by atoms with Crippen LogP contribution in [0.25, 0.3) is 0 Å². The minimum atomic E-state index is -2.57. The lowest BCUT2D eigenvalue weighted by molar-refractivity contribution is 0.0437. The topological polar surface area (TPSA) is 50.8 Å². The molecule has 2 amide bonds. The van der Waals surface area contributed by atoms with E-state index in [0.29, 0.717) is 6.54 Å². The lowest BCUT2D eigenvalue weighted by Gasteiger charge is -2.23. The third-order valence-corrected chi connectivity index (χ3v) is 3.97. The van der Waals surface area contributed by atoms with E-state index in [-0.39, 0.29) is 25.4 Å². The fraction of sp³-hybridized carbons (Fsp3) is 0.588. The lowest BCUT2D eigenvalue weighted by atomic mass is 10.1. The van der Waals surface area contributed by atoms with Crippen LogP contribution in [0, 0.1) is 0 Å². The third kappa shape index (κ3) is 5.72. The zero-order valence-corrected chi connectivity index (χ0v) is 13.8. The number of carbonyl (C=O) groups excluding carboxylic acids is 1. The van der Waals surface area contributed by atoms with Gasteiger partial charge in [-0.1, -0.05) is 30.3 Å². The number of hydrogen-bond donors (Lipinski definition) is 1. The summed E-state index contributed by atoms with van der Waals surface area (Å²) in [5.41, 5.74) is 1.12. The molecule has 0 radical (unpaired) electrons. The average molecular weight is 342 g/mol. The Morgan fingerprint density at radius 2 is 2.12 bits per heavy atom. The number of hydrogen-bond acceptors (Lipinski definition) is 3. The van der Waals surface area contributed by atoms with E-state index in [4.69, 9.17) is 9.47 Å². The molecule has 2 rings (SSSR count). The molecule has 1 saturated heterocycles. The van der Waals surface area contributed by atoms with Crippen molar-refractivity contribution in [1.82, 2.24) is 10.2 Å². The van der Waals surface area contributed by atoms with Crippen molar-refractivity contribution in [2.45, 2.75) is 31.5 Å². The monoisotopic (exact) mass is 342 g/mol. The van der Waals surface area contributed by atoms with Crippen LogP contribution < -0.4 is 5.32 Å². The number of nitrogens with one attached hydrogen (secondary N) is 1. The van der Waals surface area contributed by atoms with Gasteiger partial charge in [0.1, 0.15) is 0 Å². The average Bonchev–Trinajstić information content (AvgIpc) is 3.06. The molecular formula is C17H24F2N2O3. The van der Waals surface area contributed by atoms with Crippen LogP contribution in [0.1, 0.15) is 24.5 Å². The SMILES string of the molecule is COCCN(CC(F)F)C(=O)NC[C@H]1CC[C@@H](c2ccccc2)O1. The van der Waals surface area contributed by atoms with E-state index in [0.717, 1.165) is 23.3 Å². The number of benzene rings is 1. The molecule has 1 heterocycles. The van der Waals surface area contributed by atoms with E-state index < -0.39 is 19.0 Å². The highest BCUT2D eigenvalue weighted by Crippen LogP contribution is 2.32. The van der Waals surface area contributed by atoms with E-state index in [1.54, 1.807) is 0 Å². The van der Waals surface area contributed by atoms with Gasteiger partial charge in [0.25, 0.3) is 6.43 Å². The first-order valence-electron chi connectivity index (χ1n) is 8.10. The highest BCUT2D eigenvalue weighted by atomic mass is 19.3. The number of halogens is 2. The Hall–Kier alpha value is -1.73. The molecule has 134 valence electrons. The summed E-state index contributed by atoms with van der Waals surface area (Å²) < 4.78 is 35.9. The lowest BCUT2D eigenvalue weighted by Crippen LogP contribution is -2.46. The van der Waals surface area contributed by atoms with E-state index >= 15 is 0 Å². The summed E-state index contributed by atoms with van der Waals surface area (Å²) in [4.78, 5) is 13.1.